The van der Waals surface area contributed by atoms with Gasteiger partial charge in [0, 0.05) is 56.5 Å². The van der Waals surface area contributed by atoms with Gasteiger partial charge in [-0.3, -0.25) is 0 Å². The van der Waals surface area contributed by atoms with Gasteiger partial charge in [0.2, 0.25) is 0 Å². The standard InChI is InChI=1S/C27H36FN7/c1-3-23-25(29-2)30-19-31-27(23)34-14-10-21(11-15-34)26-32-24(20-6-8-22(28)9-7-20)18-35(26)17-16-33-12-4-5-13-33/h6-9,18-19,21H,3-5,10-17H2,1-2H3,(H,29,30,31). The molecule has 0 bridgehead atoms. The number of nitrogens with zero attached hydrogens (tertiary/aromatic N) is 6. The molecule has 0 unspecified atom stereocenters. The van der Waals surface area contributed by atoms with Crippen LogP contribution < -0.4 is 10.2 Å². The highest BCUT2D eigenvalue weighted by molar-refractivity contribution is 5.60. The Morgan fingerprint density at radius 1 is 1.00 bits per heavy atom. The second-order valence-electron chi connectivity index (χ2n) is 9.62. The van der Waals surface area contributed by atoms with Crippen molar-refractivity contribution in [2.45, 2.75) is 51.5 Å². The van der Waals surface area contributed by atoms with E-state index in [9.17, 15) is 4.39 Å². The minimum Gasteiger partial charge on any atom is -0.373 e. The highest BCUT2D eigenvalue weighted by Gasteiger charge is 2.27. The van der Waals surface area contributed by atoms with Gasteiger partial charge < -0.3 is 19.7 Å². The van der Waals surface area contributed by atoms with Crippen molar-refractivity contribution < 1.29 is 4.39 Å². The van der Waals surface area contributed by atoms with E-state index in [1.807, 2.05) is 19.2 Å². The van der Waals surface area contributed by atoms with E-state index in [4.69, 9.17) is 4.98 Å². The summed E-state index contributed by atoms with van der Waals surface area (Å²) in [5.41, 5.74) is 3.09. The van der Waals surface area contributed by atoms with Gasteiger partial charge in [0.05, 0.1) is 5.69 Å². The average molecular weight is 478 g/mol. The molecule has 186 valence electrons. The first kappa shape index (κ1) is 23.7. The molecule has 2 aromatic heterocycles. The van der Waals surface area contributed by atoms with E-state index in [-0.39, 0.29) is 5.82 Å². The number of rotatable bonds is 8. The van der Waals surface area contributed by atoms with Crippen LogP contribution in [0.25, 0.3) is 11.3 Å². The number of aromatic nitrogens is 4. The van der Waals surface area contributed by atoms with Gasteiger partial charge in [-0.05, 0) is 69.5 Å². The summed E-state index contributed by atoms with van der Waals surface area (Å²) >= 11 is 0. The number of benzene rings is 1. The lowest BCUT2D eigenvalue weighted by atomic mass is 9.95. The van der Waals surface area contributed by atoms with E-state index in [0.717, 1.165) is 74.2 Å². The smallest absolute Gasteiger partial charge is 0.137 e. The number of imidazole rings is 1. The fourth-order valence-electron chi connectivity index (χ4n) is 5.52. The third kappa shape index (κ3) is 5.17. The first-order valence-corrected chi connectivity index (χ1v) is 13.0. The fraction of sp³-hybridized carbons (Fsp3) is 0.519. The molecule has 35 heavy (non-hydrogen) atoms. The third-order valence-electron chi connectivity index (χ3n) is 7.48. The van der Waals surface area contributed by atoms with Gasteiger partial charge in [-0.2, -0.15) is 0 Å². The Kier molecular flexibility index (Phi) is 7.27. The van der Waals surface area contributed by atoms with Gasteiger partial charge in [0.15, 0.2) is 0 Å². The molecule has 0 spiro atoms. The largest absolute Gasteiger partial charge is 0.373 e. The Balaban J connectivity index is 1.35. The zero-order valence-corrected chi connectivity index (χ0v) is 20.9. The van der Waals surface area contributed by atoms with Gasteiger partial charge in [0.1, 0.15) is 29.6 Å². The number of anilines is 2. The van der Waals surface area contributed by atoms with Crippen LogP contribution in [0.1, 0.15) is 49.9 Å². The minimum atomic E-state index is -0.215. The van der Waals surface area contributed by atoms with Crippen molar-refractivity contribution in [1.29, 1.82) is 0 Å². The van der Waals surface area contributed by atoms with Gasteiger partial charge in [0.25, 0.3) is 0 Å². The lowest BCUT2D eigenvalue weighted by Crippen LogP contribution is -2.35. The second kappa shape index (κ2) is 10.7. The molecule has 2 fully saturated rings. The van der Waals surface area contributed by atoms with Gasteiger partial charge in [-0.1, -0.05) is 6.92 Å². The maximum atomic E-state index is 13.5. The summed E-state index contributed by atoms with van der Waals surface area (Å²) in [5.74, 6) is 3.32. The molecule has 1 N–H and O–H groups in total. The number of piperidine rings is 1. The molecular weight excluding hydrogens is 441 g/mol. The van der Waals surface area contributed by atoms with E-state index in [0.29, 0.717) is 5.92 Å². The maximum absolute atomic E-state index is 13.5. The Hall–Kier alpha value is -3.00. The summed E-state index contributed by atoms with van der Waals surface area (Å²) in [7, 11) is 1.91. The van der Waals surface area contributed by atoms with E-state index in [2.05, 4.69) is 42.8 Å². The SMILES string of the molecule is CCc1c(NC)ncnc1N1CCC(c2nc(-c3ccc(F)cc3)cn2CCN2CCCC2)CC1. The van der Waals surface area contributed by atoms with Crippen LogP contribution in [-0.2, 0) is 13.0 Å². The predicted molar refractivity (Wildman–Crippen MR) is 138 cm³/mol. The van der Waals surface area contributed by atoms with Crippen molar-refractivity contribution in [3.63, 3.8) is 0 Å². The number of nitrogens with one attached hydrogen (secondary N) is 1. The zero-order chi connectivity index (χ0) is 24.2. The van der Waals surface area contributed by atoms with Gasteiger partial charge in [-0.15, -0.1) is 0 Å². The van der Waals surface area contributed by atoms with Crippen LogP contribution in [-0.4, -0.2) is 64.2 Å². The molecule has 3 aromatic rings. The Labute approximate surface area is 207 Å². The van der Waals surface area contributed by atoms with Crippen LogP contribution in [0, 0.1) is 5.82 Å². The van der Waals surface area contributed by atoms with Crippen LogP contribution in [0.3, 0.4) is 0 Å². The van der Waals surface area contributed by atoms with E-state index in [1.165, 1.54) is 43.6 Å². The molecule has 1 aromatic carbocycles. The summed E-state index contributed by atoms with van der Waals surface area (Å²) in [6.45, 7) is 8.44. The van der Waals surface area contributed by atoms with Crippen molar-refractivity contribution in [3.05, 3.63) is 54.0 Å². The van der Waals surface area contributed by atoms with Crippen LogP contribution >= 0.6 is 0 Å². The minimum absolute atomic E-state index is 0.215. The van der Waals surface area contributed by atoms with Crippen LogP contribution in [0.5, 0.6) is 0 Å². The fourth-order valence-corrected chi connectivity index (χ4v) is 5.52. The number of hydrogen-bond donors (Lipinski definition) is 1. The van der Waals surface area contributed by atoms with E-state index >= 15 is 0 Å². The van der Waals surface area contributed by atoms with E-state index in [1.54, 1.807) is 6.33 Å². The molecule has 0 amide bonds. The van der Waals surface area contributed by atoms with Crippen LogP contribution in [0.2, 0.25) is 0 Å². The molecular formula is C27H36FN7. The van der Waals surface area contributed by atoms with Gasteiger partial charge in [-0.25, -0.2) is 19.3 Å². The number of halogens is 1. The summed E-state index contributed by atoms with van der Waals surface area (Å²) in [4.78, 5) is 19.1. The first-order chi connectivity index (χ1) is 17.2. The van der Waals surface area contributed by atoms with Crippen LogP contribution in [0.15, 0.2) is 36.8 Å². The summed E-state index contributed by atoms with van der Waals surface area (Å²) < 4.78 is 15.9. The molecule has 8 heteroatoms. The average Bonchev–Trinajstić information content (AvgIpc) is 3.57. The molecule has 2 saturated heterocycles. The molecule has 0 aliphatic carbocycles. The van der Waals surface area contributed by atoms with Crippen molar-refractivity contribution in [1.82, 2.24) is 24.4 Å². The van der Waals surface area contributed by atoms with Crippen molar-refractivity contribution >= 4 is 11.6 Å². The summed E-state index contributed by atoms with van der Waals surface area (Å²) in [6, 6.07) is 6.69. The second-order valence-corrected chi connectivity index (χ2v) is 9.62. The monoisotopic (exact) mass is 477 g/mol. The topological polar surface area (TPSA) is 62.1 Å². The number of hydrogen-bond acceptors (Lipinski definition) is 6. The molecule has 4 heterocycles. The van der Waals surface area contributed by atoms with Crippen LogP contribution in [0.4, 0.5) is 16.0 Å². The summed E-state index contributed by atoms with van der Waals surface area (Å²) in [5, 5.41) is 3.21. The maximum Gasteiger partial charge on any atom is 0.137 e. The predicted octanol–water partition coefficient (Wildman–Crippen LogP) is 4.56. The normalized spacial score (nSPS) is 17.3. The molecule has 0 saturated carbocycles. The highest BCUT2D eigenvalue weighted by Crippen LogP contribution is 2.33. The highest BCUT2D eigenvalue weighted by atomic mass is 19.1. The first-order valence-electron chi connectivity index (χ1n) is 13.0. The lowest BCUT2D eigenvalue weighted by Gasteiger charge is -2.34. The molecule has 0 radical (unpaired) electrons. The van der Waals surface area contributed by atoms with E-state index < -0.39 is 0 Å². The van der Waals surface area contributed by atoms with Crippen molar-refractivity contribution in [2.24, 2.45) is 0 Å². The molecule has 2 aliphatic rings. The Bertz CT molecular complexity index is 1110. The van der Waals surface area contributed by atoms with Crippen molar-refractivity contribution in [2.75, 3.05) is 50.0 Å². The Morgan fingerprint density at radius 3 is 2.43 bits per heavy atom. The van der Waals surface area contributed by atoms with Gasteiger partial charge >= 0.3 is 0 Å². The zero-order valence-electron chi connectivity index (χ0n) is 20.9. The lowest BCUT2D eigenvalue weighted by molar-refractivity contribution is 0.317. The number of likely N-dealkylation sites (tertiary alicyclic amines) is 1. The quantitative estimate of drug-likeness (QED) is 0.513. The Morgan fingerprint density at radius 2 is 1.74 bits per heavy atom. The van der Waals surface area contributed by atoms with Crippen molar-refractivity contribution in [3.8, 4) is 11.3 Å². The summed E-state index contributed by atoms with van der Waals surface area (Å²) in [6.07, 6.45) is 9.39. The molecule has 0 atom stereocenters. The molecule has 5 rings (SSSR count). The molecule has 2 aliphatic heterocycles. The third-order valence-corrected chi connectivity index (χ3v) is 7.48. The molecule has 7 nitrogen and oxygen atoms in total.